The van der Waals surface area contributed by atoms with Gasteiger partial charge in [0.1, 0.15) is 24.7 Å². The zero-order valence-corrected chi connectivity index (χ0v) is 21.4. The number of alkyl halides is 6. The smallest absolute Gasteiger partial charge is 0.406 e. The van der Waals surface area contributed by atoms with E-state index in [9.17, 15) is 31.1 Å². The third kappa shape index (κ3) is 7.87. The summed E-state index contributed by atoms with van der Waals surface area (Å²) >= 11 is 0. The van der Waals surface area contributed by atoms with Crippen molar-refractivity contribution in [2.24, 2.45) is 0 Å². The molecule has 1 fully saturated rings. The van der Waals surface area contributed by atoms with Gasteiger partial charge in [-0.3, -0.25) is 4.79 Å². The fourth-order valence-corrected chi connectivity index (χ4v) is 4.82. The van der Waals surface area contributed by atoms with Gasteiger partial charge in [0.25, 0.3) is 5.91 Å². The van der Waals surface area contributed by atoms with Gasteiger partial charge in [-0.1, -0.05) is 18.6 Å². The molecule has 0 aliphatic carbocycles. The maximum Gasteiger partial charge on any atom is 0.406 e. The molecule has 12 heteroatoms. The van der Waals surface area contributed by atoms with E-state index in [1.165, 1.54) is 12.1 Å². The Bertz CT molecular complexity index is 1250. The van der Waals surface area contributed by atoms with E-state index in [0.717, 1.165) is 37.1 Å². The summed E-state index contributed by atoms with van der Waals surface area (Å²) in [5, 5.41) is 3.48. The summed E-state index contributed by atoms with van der Waals surface area (Å²) in [4.78, 5) is 17.2. The molecule has 0 saturated carbocycles. The van der Waals surface area contributed by atoms with Crippen LogP contribution < -0.4 is 10.1 Å². The number of nitrogens with zero attached hydrogens (tertiary/aromatic N) is 3. The molecule has 1 aliphatic heterocycles. The van der Waals surface area contributed by atoms with Gasteiger partial charge in [-0.15, -0.1) is 0 Å². The van der Waals surface area contributed by atoms with Gasteiger partial charge in [-0.25, -0.2) is 4.98 Å². The highest BCUT2D eigenvalue weighted by atomic mass is 19.4. The molecular formula is C27H30F6N4O2. The van der Waals surface area contributed by atoms with Crippen molar-refractivity contribution in [3.05, 3.63) is 59.4 Å². The number of ether oxygens (including phenoxy) is 1. The average molecular weight is 557 g/mol. The first kappa shape index (κ1) is 28.7. The van der Waals surface area contributed by atoms with Crippen LogP contribution in [0.3, 0.4) is 0 Å². The molecule has 212 valence electrons. The zero-order chi connectivity index (χ0) is 28.2. The van der Waals surface area contributed by atoms with Gasteiger partial charge < -0.3 is 19.5 Å². The molecule has 4 rings (SSSR count). The Morgan fingerprint density at radius 2 is 1.74 bits per heavy atom. The number of imidazole rings is 1. The van der Waals surface area contributed by atoms with E-state index < -0.39 is 31.3 Å². The molecular weight excluding hydrogens is 526 g/mol. The van der Waals surface area contributed by atoms with E-state index >= 15 is 0 Å². The summed E-state index contributed by atoms with van der Waals surface area (Å²) in [6.07, 6.45) is -6.41. The highest BCUT2D eigenvalue weighted by Crippen LogP contribution is 2.26. The van der Waals surface area contributed by atoms with Crippen molar-refractivity contribution in [2.75, 3.05) is 26.2 Å². The molecule has 2 heterocycles. The normalized spacial score (nSPS) is 16.4. The largest absolute Gasteiger partial charge is 0.494 e. The third-order valence-electron chi connectivity index (χ3n) is 6.51. The summed E-state index contributed by atoms with van der Waals surface area (Å²) < 4.78 is 85.3. The van der Waals surface area contributed by atoms with Crippen molar-refractivity contribution in [2.45, 2.75) is 57.5 Å². The summed E-state index contributed by atoms with van der Waals surface area (Å²) in [6, 6.07) is 11.8. The third-order valence-corrected chi connectivity index (χ3v) is 6.51. The van der Waals surface area contributed by atoms with Gasteiger partial charge >= 0.3 is 12.4 Å². The standard InChI is InChI=1S/C27H30F6N4O2/c1-2-39-21-9-6-18(7-10-21)13-24-35-22-14-19(25(38)36(16-26(28,29)30)17-27(31,32)33)8-11-23(22)37(24)15-20-5-3-4-12-34-20/h6-11,14,20,34H,2-5,12-13,15-17H2,1H3/t20-/m0/s1. The Hall–Kier alpha value is -3.28. The van der Waals surface area contributed by atoms with E-state index in [-0.39, 0.29) is 16.5 Å². The predicted octanol–water partition coefficient (Wildman–Crippen LogP) is 5.73. The van der Waals surface area contributed by atoms with Crippen LogP contribution in [0.5, 0.6) is 5.75 Å². The van der Waals surface area contributed by atoms with Crippen LogP contribution >= 0.6 is 0 Å². The summed E-state index contributed by atoms with van der Waals surface area (Å²) in [6.45, 7) is -0.112. The fourth-order valence-electron chi connectivity index (χ4n) is 4.82. The Morgan fingerprint density at radius 3 is 2.33 bits per heavy atom. The number of halogens is 6. The molecule has 0 bridgehead atoms. The molecule has 1 aliphatic rings. The average Bonchev–Trinajstić information content (AvgIpc) is 3.19. The van der Waals surface area contributed by atoms with Crippen molar-refractivity contribution >= 4 is 16.9 Å². The van der Waals surface area contributed by atoms with Crippen LogP contribution in [0.25, 0.3) is 11.0 Å². The number of hydrogen-bond donors (Lipinski definition) is 1. The lowest BCUT2D eigenvalue weighted by molar-refractivity contribution is -0.171. The SMILES string of the molecule is CCOc1ccc(Cc2nc3cc(C(=O)N(CC(F)(F)F)CC(F)(F)F)ccc3n2C[C@@H]2CCCCN2)cc1. The first-order chi connectivity index (χ1) is 18.4. The number of carbonyl (C=O) groups excluding carboxylic acids is 1. The minimum atomic E-state index is -4.98. The summed E-state index contributed by atoms with van der Waals surface area (Å²) in [5.74, 6) is 0.0447. The molecule has 2 aromatic carbocycles. The minimum absolute atomic E-state index is 0.186. The topological polar surface area (TPSA) is 59.4 Å². The number of fused-ring (bicyclic) bond motifs is 1. The second-order valence-electron chi connectivity index (χ2n) is 9.63. The van der Waals surface area contributed by atoms with Crippen LogP contribution in [-0.2, 0) is 13.0 Å². The molecule has 1 atom stereocenters. The number of aromatic nitrogens is 2. The molecule has 3 aromatic rings. The molecule has 1 amide bonds. The van der Waals surface area contributed by atoms with Crippen LogP contribution in [0.4, 0.5) is 26.3 Å². The van der Waals surface area contributed by atoms with Crippen LogP contribution in [-0.4, -0.2) is 65.0 Å². The van der Waals surface area contributed by atoms with E-state index in [0.29, 0.717) is 36.4 Å². The number of amides is 1. The molecule has 1 aromatic heterocycles. The van der Waals surface area contributed by atoms with Crippen LogP contribution in [0.2, 0.25) is 0 Å². The van der Waals surface area contributed by atoms with Crippen LogP contribution in [0, 0.1) is 0 Å². The van der Waals surface area contributed by atoms with Gasteiger partial charge in [-0.2, -0.15) is 26.3 Å². The maximum atomic E-state index is 13.0. The highest BCUT2D eigenvalue weighted by Gasteiger charge is 2.40. The number of piperidine rings is 1. The Balaban J connectivity index is 1.68. The minimum Gasteiger partial charge on any atom is -0.494 e. The lowest BCUT2D eigenvalue weighted by Crippen LogP contribution is -2.44. The van der Waals surface area contributed by atoms with Crippen molar-refractivity contribution in [3.8, 4) is 5.75 Å². The monoisotopic (exact) mass is 556 g/mol. The lowest BCUT2D eigenvalue weighted by atomic mass is 10.0. The Labute approximate surface area is 221 Å². The second kappa shape index (κ2) is 11.8. The predicted molar refractivity (Wildman–Crippen MR) is 134 cm³/mol. The highest BCUT2D eigenvalue weighted by molar-refractivity contribution is 5.97. The van der Waals surface area contributed by atoms with Crippen LogP contribution in [0.1, 0.15) is 47.9 Å². The molecule has 6 nitrogen and oxygen atoms in total. The van der Waals surface area contributed by atoms with E-state index in [2.05, 4.69) is 10.3 Å². The van der Waals surface area contributed by atoms with Crippen LogP contribution in [0.15, 0.2) is 42.5 Å². The van der Waals surface area contributed by atoms with Crippen molar-refractivity contribution in [1.29, 1.82) is 0 Å². The van der Waals surface area contributed by atoms with E-state index in [1.807, 2.05) is 35.8 Å². The summed E-state index contributed by atoms with van der Waals surface area (Å²) in [5.41, 5.74) is 1.64. The summed E-state index contributed by atoms with van der Waals surface area (Å²) in [7, 11) is 0. The van der Waals surface area contributed by atoms with Crippen molar-refractivity contribution in [3.63, 3.8) is 0 Å². The number of benzene rings is 2. The molecule has 39 heavy (non-hydrogen) atoms. The van der Waals surface area contributed by atoms with Gasteiger partial charge in [-0.05, 0) is 62.2 Å². The number of nitrogens with one attached hydrogen (secondary N) is 1. The molecule has 1 N–H and O–H groups in total. The van der Waals surface area contributed by atoms with Gasteiger partial charge in [0.2, 0.25) is 0 Å². The molecule has 0 spiro atoms. The van der Waals surface area contributed by atoms with E-state index in [1.54, 1.807) is 6.07 Å². The Morgan fingerprint density at radius 1 is 1.05 bits per heavy atom. The van der Waals surface area contributed by atoms with Gasteiger partial charge in [0.15, 0.2) is 0 Å². The lowest BCUT2D eigenvalue weighted by Gasteiger charge is -2.25. The molecule has 0 unspecified atom stereocenters. The second-order valence-corrected chi connectivity index (χ2v) is 9.63. The van der Waals surface area contributed by atoms with Gasteiger partial charge in [0, 0.05) is 24.6 Å². The number of rotatable bonds is 9. The molecule has 0 radical (unpaired) electrons. The van der Waals surface area contributed by atoms with E-state index in [4.69, 9.17) is 4.74 Å². The van der Waals surface area contributed by atoms with Crippen molar-refractivity contribution < 1.29 is 35.9 Å². The molecule has 1 saturated heterocycles. The first-order valence-corrected chi connectivity index (χ1v) is 12.8. The quantitative estimate of drug-likeness (QED) is 0.342. The number of carbonyl (C=O) groups is 1. The fraction of sp³-hybridized carbons (Fsp3) is 0.481. The number of hydrogen-bond acceptors (Lipinski definition) is 4. The first-order valence-electron chi connectivity index (χ1n) is 12.8. The van der Waals surface area contributed by atoms with Gasteiger partial charge in [0.05, 0.1) is 17.6 Å². The van der Waals surface area contributed by atoms with Crippen molar-refractivity contribution in [1.82, 2.24) is 19.8 Å². The Kier molecular flexibility index (Phi) is 8.73. The maximum absolute atomic E-state index is 13.0. The zero-order valence-electron chi connectivity index (χ0n) is 21.4.